The number of hydrogen-bond donors (Lipinski definition) is 0. The average molecular weight is 410 g/mol. The lowest BCUT2D eigenvalue weighted by molar-refractivity contribution is -0.481. The molecule has 1 atom stereocenters. The number of nitro groups is 1. The molecule has 2 aromatic heterocycles. The first-order valence-electron chi connectivity index (χ1n) is 9.29. The topological polar surface area (TPSA) is 47.5 Å². The number of pyridine rings is 1. The summed E-state index contributed by atoms with van der Waals surface area (Å²) in [7, 11) is 0. The lowest BCUT2D eigenvalue weighted by atomic mass is 9.90. The van der Waals surface area contributed by atoms with E-state index in [-0.39, 0.29) is 0 Å². The summed E-state index contributed by atoms with van der Waals surface area (Å²) in [5.41, 5.74) is 2.90. The van der Waals surface area contributed by atoms with Gasteiger partial charge < -0.3 is 4.40 Å². The summed E-state index contributed by atoms with van der Waals surface area (Å²) in [5.74, 6) is -0.720. The Hall–Kier alpha value is -3.61. The van der Waals surface area contributed by atoms with Gasteiger partial charge in [-0.05, 0) is 41.5 Å². The van der Waals surface area contributed by atoms with Gasteiger partial charge in [0, 0.05) is 27.9 Å². The van der Waals surface area contributed by atoms with Crippen molar-refractivity contribution < 1.29 is 18.1 Å². The molecule has 0 spiro atoms. The lowest BCUT2D eigenvalue weighted by Gasteiger charge is -2.18. The summed E-state index contributed by atoms with van der Waals surface area (Å²) >= 11 is 0. The van der Waals surface area contributed by atoms with Crippen LogP contribution in [0.25, 0.3) is 16.6 Å². The Kier molecular flexibility index (Phi) is 5.03. The van der Waals surface area contributed by atoms with Crippen LogP contribution >= 0.6 is 0 Å². The summed E-state index contributed by atoms with van der Waals surface area (Å²) in [6, 6.07) is 21.6. The molecule has 30 heavy (non-hydrogen) atoms. The fraction of sp³-hybridized carbons (Fsp3) is 0.130. The van der Waals surface area contributed by atoms with Crippen LogP contribution in [0.3, 0.4) is 0 Å². The molecule has 0 unspecified atom stereocenters. The molecule has 0 amide bonds. The van der Waals surface area contributed by atoms with Crippen LogP contribution in [0.15, 0.2) is 85.1 Å². The zero-order chi connectivity index (χ0) is 21.3. The van der Waals surface area contributed by atoms with Gasteiger partial charge in [0.05, 0.1) is 11.5 Å². The molecule has 0 saturated carbocycles. The Morgan fingerprint density at radius 2 is 1.60 bits per heavy atom. The molecule has 0 fully saturated rings. The zero-order valence-electron chi connectivity index (χ0n) is 15.7. The van der Waals surface area contributed by atoms with Gasteiger partial charge in [-0.3, -0.25) is 10.1 Å². The molecule has 0 aliphatic rings. The third-order valence-corrected chi connectivity index (χ3v) is 5.11. The quantitative estimate of drug-likeness (QED) is 0.298. The van der Waals surface area contributed by atoms with E-state index >= 15 is 0 Å². The molecular formula is C23H17F3N2O2. The second-order valence-electron chi connectivity index (χ2n) is 6.99. The van der Waals surface area contributed by atoms with Gasteiger partial charge in [0.1, 0.15) is 0 Å². The van der Waals surface area contributed by atoms with Gasteiger partial charge in [0.15, 0.2) is 0 Å². The van der Waals surface area contributed by atoms with E-state index in [0.29, 0.717) is 11.3 Å². The number of hydrogen-bond acceptors (Lipinski definition) is 2. The number of alkyl halides is 3. The largest absolute Gasteiger partial charge is 0.416 e. The van der Waals surface area contributed by atoms with Crippen molar-refractivity contribution in [2.24, 2.45) is 0 Å². The zero-order valence-corrected chi connectivity index (χ0v) is 15.7. The smallest absolute Gasteiger partial charge is 0.319 e. The van der Waals surface area contributed by atoms with Crippen molar-refractivity contribution in [1.29, 1.82) is 0 Å². The summed E-state index contributed by atoms with van der Waals surface area (Å²) in [6.45, 7) is -0.438. The summed E-state index contributed by atoms with van der Waals surface area (Å²) < 4.78 is 40.8. The molecule has 4 rings (SSSR count). The molecule has 0 N–H and O–H groups in total. The first-order valence-corrected chi connectivity index (χ1v) is 9.29. The number of aromatic nitrogens is 1. The van der Waals surface area contributed by atoms with Crippen LogP contribution < -0.4 is 0 Å². The maximum absolute atomic E-state index is 13.0. The van der Waals surface area contributed by atoms with Crippen LogP contribution in [-0.2, 0) is 6.18 Å². The molecule has 2 heterocycles. The predicted molar refractivity (Wildman–Crippen MR) is 108 cm³/mol. The number of rotatable bonds is 5. The Balaban J connectivity index is 1.92. The fourth-order valence-corrected chi connectivity index (χ4v) is 3.75. The molecule has 4 nitrogen and oxygen atoms in total. The van der Waals surface area contributed by atoms with Crippen molar-refractivity contribution >= 4 is 5.52 Å². The first kappa shape index (κ1) is 19.7. The molecule has 0 aliphatic heterocycles. The normalized spacial score (nSPS) is 12.8. The number of benzene rings is 2. The Morgan fingerprint density at radius 1 is 0.933 bits per heavy atom. The van der Waals surface area contributed by atoms with E-state index in [1.54, 1.807) is 0 Å². The Bertz CT molecular complexity index is 1180. The van der Waals surface area contributed by atoms with Crippen LogP contribution in [-0.4, -0.2) is 15.9 Å². The third-order valence-electron chi connectivity index (χ3n) is 5.11. The van der Waals surface area contributed by atoms with Gasteiger partial charge in [-0.2, -0.15) is 13.2 Å². The summed E-state index contributed by atoms with van der Waals surface area (Å²) in [4.78, 5) is 11.1. The van der Waals surface area contributed by atoms with Gasteiger partial charge in [-0.25, -0.2) is 0 Å². The molecule has 0 saturated heterocycles. The van der Waals surface area contributed by atoms with Gasteiger partial charge in [-0.1, -0.05) is 48.5 Å². The molecule has 4 aromatic rings. The van der Waals surface area contributed by atoms with Crippen molar-refractivity contribution in [1.82, 2.24) is 4.40 Å². The standard InChI is InChI=1S/C23H17F3N2O2/c24-23(25,26)18-11-9-17(10-12-18)21(15-28(29)30)22-20(16-6-2-1-3-7-16)14-19-8-4-5-13-27(19)22/h1-14,21H,15H2/t21-/m1/s1. The van der Waals surface area contributed by atoms with Gasteiger partial charge in [0.2, 0.25) is 6.54 Å². The second-order valence-corrected chi connectivity index (χ2v) is 6.99. The van der Waals surface area contributed by atoms with Crippen LogP contribution in [0.5, 0.6) is 0 Å². The number of fused-ring (bicyclic) bond motifs is 1. The molecule has 0 bridgehead atoms. The van der Waals surface area contributed by atoms with E-state index < -0.39 is 29.1 Å². The van der Waals surface area contributed by atoms with E-state index in [2.05, 4.69) is 0 Å². The van der Waals surface area contributed by atoms with E-state index in [1.807, 2.05) is 65.2 Å². The molecule has 2 aromatic carbocycles. The molecule has 7 heteroatoms. The van der Waals surface area contributed by atoms with Crippen molar-refractivity contribution in [3.8, 4) is 11.1 Å². The molecule has 0 aliphatic carbocycles. The van der Waals surface area contributed by atoms with Crippen LogP contribution in [0.1, 0.15) is 22.7 Å². The van der Waals surface area contributed by atoms with E-state index in [1.165, 1.54) is 12.1 Å². The minimum Gasteiger partial charge on any atom is -0.319 e. The molecule has 0 radical (unpaired) electrons. The Labute approximate surface area is 170 Å². The maximum atomic E-state index is 13.0. The monoisotopic (exact) mass is 410 g/mol. The average Bonchev–Trinajstić information content (AvgIpc) is 3.11. The Morgan fingerprint density at radius 3 is 2.23 bits per heavy atom. The van der Waals surface area contributed by atoms with Crippen LogP contribution in [0, 0.1) is 10.1 Å². The van der Waals surface area contributed by atoms with Crippen molar-refractivity contribution in [2.45, 2.75) is 12.1 Å². The van der Waals surface area contributed by atoms with Crippen LogP contribution in [0.4, 0.5) is 13.2 Å². The van der Waals surface area contributed by atoms with E-state index in [0.717, 1.165) is 28.8 Å². The minimum atomic E-state index is -4.46. The number of halogens is 3. The van der Waals surface area contributed by atoms with Gasteiger partial charge in [0.25, 0.3) is 0 Å². The number of nitrogens with zero attached hydrogens (tertiary/aromatic N) is 2. The lowest BCUT2D eigenvalue weighted by Crippen LogP contribution is -2.17. The maximum Gasteiger partial charge on any atom is 0.416 e. The highest BCUT2D eigenvalue weighted by Gasteiger charge is 2.32. The second kappa shape index (κ2) is 7.67. The van der Waals surface area contributed by atoms with Crippen LogP contribution in [0.2, 0.25) is 0 Å². The van der Waals surface area contributed by atoms with E-state index in [9.17, 15) is 23.3 Å². The fourth-order valence-electron chi connectivity index (χ4n) is 3.75. The summed E-state index contributed by atoms with van der Waals surface area (Å²) in [5, 5.41) is 11.5. The van der Waals surface area contributed by atoms with Crippen molar-refractivity contribution in [2.75, 3.05) is 6.54 Å². The molecule has 152 valence electrons. The highest BCUT2D eigenvalue weighted by molar-refractivity contribution is 5.75. The predicted octanol–water partition coefficient (Wildman–Crippen LogP) is 6.03. The highest BCUT2D eigenvalue weighted by atomic mass is 19.4. The summed E-state index contributed by atoms with van der Waals surface area (Å²) in [6.07, 6.45) is -2.65. The highest BCUT2D eigenvalue weighted by Crippen LogP contribution is 2.37. The van der Waals surface area contributed by atoms with Gasteiger partial charge >= 0.3 is 6.18 Å². The molecular weight excluding hydrogens is 393 g/mol. The van der Waals surface area contributed by atoms with Crippen molar-refractivity contribution in [3.63, 3.8) is 0 Å². The SMILES string of the molecule is O=[N+]([O-])C[C@H](c1ccc(C(F)(F)F)cc1)c1c(-c2ccccc2)cc2ccccn12. The minimum absolute atomic E-state index is 0.431. The first-order chi connectivity index (χ1) is 14.3. The van der Waals surface area contributed by atoms with E-state index in [4.69, 9.17) is 0 Å². The van der Waals surface area contributed by atoms with Gasteiger partial charge in [-0.15, -0.1) is 0 Å². The third kappa shape index (κ3) is 3.78. The van der Waals surface area contributed by atoms with Crippen molar-refractivity contribution in [3.05, 3.63) is 112 Å².